The van der Waals surface area contributed by atoms with Crippen LogP contribution in [0.15, 0.2) is 24.3 Å². The maximum Gasteiger partial charge on any atom is 0.325 e. The zero-order valence-corrected chi connectivity index (χ0v) is 9.66. The van der Waals surface area contributed by atoms with Crippen LogP contribution in [-0.4, -0.2) is 25.7 Å². The van der Waals surface area contributed by atoms with Gasteiger partial charge in [0.2, 0.25) is 0 Å². The third-order valence-electron chi connectivity index (χ3n) is 1.91. The molecule has 0 saturated heterocycles. The van der Waals surface area contributed by atoms with E-state index in [-0.39, 0.29) is 12.5 Å². The molecule has 0 atom stereocenters. The lowest BCUT2D eigenvalue weighted by molar-refractivity contribution is -0.140. The number of hydrogen-bond donors (Lipinski definition) is 1. The predicted octanol–water partition coefficient (Wildman–Crippen LogP) is 2.06. The van der Waals surface area contributed by atoms with Gasteiger partial charge < -0.3 is 14.8 Å². The van der Waals surface area contributed by atoms with Gasteiger partial charge in [-0.1, -0.05) is 0 Å². The smallest absolute Gasteiger partial charge is 0.325 e. The van der Waals surface area contributed by atoms with E-state index in [1.165, 1.54) is 0 Å². The molecule has 1 aromatic carbocycles. The normalized spacial score (nSPS) is 9.62. The molecule has 4 heteroatoms. The highest BCUT2D eigenvalue weighted by Crippen LogP contribution is 2.15. The van der Waals surface area contributed by atoms with E-state index in [1.807, 2.05) is 31.2 Å². The molecule has 0 aromatic heterocycles. The average Bonchev–Trinajstić information content (AvgIpc) is 2.29. The van der Waals surface area contributed by atoms with Crippen molar-refractivity contribution in [2.45, 2.75) is 13.8 Å². The van der Waals surface area contributed by atoms with Crippen LogP contribution in [0, 0.1) is 0 Å². The van der Waals surface area contributed by atoms with Crippen molar-refractivity contribution in [2.75, 3.05) is 25.1 Å². The second-order valence-corrected chi connectivity index (χ2v) is 3.12. The van der Waals surface area contributed by atoms with E-state index >= 15 is 0 Å². The fraction of sp³-hybridized carbons (Fsp3) is 0.417. The molecule has 4 nitrogen and oxygen atoms in total. The van der Waals surface area contributed by atoms with E-state index in [0.29, 0.717) is 13.2 Å². The Hall–Kier alpha value is -1.71. The molecule has 0 aliphatic heterocycles. The molecule has 0 fully saturated rings. The summed E-state index contributed by atoms with van der Waals surface area (Å²) in [5, 5.41) is 2.97. The van der Waals surface area contributed by atoms with Gasteiger partial charge in [-0.05, 0) is 38.1 Å². The Balaban J connectivity index is 2.40. The Morgan fingerprint density at radius 2 is 1.88 bits per heavy atom. The van der Waals surface area contributed by atoms with E-state index in [4.69, 9.17) is 9.47 Å². The van der Waals surface area contributed by atoms with E-state index in [9.17, 15) is 4.79 Å². The van der Waals surface area contributed by atoms with Gasteiger partial charge in [0.25, 0.3) is 0 Å². The number of esters is 1. The molecule has 16 heavy (non-hydrogen) atoms. The van der Waals surface area contributed by atoms with Crippen LogP contribution in [-0.2, 0) is 9.53 Å². The number of carbonyl (C=O) groups is 1. The maximum absolute atomic E-state index is 11.1. The highest BCUT2D eigenvalue weighted by Gasteiger charge is 2.00. The van der Waals surface area contributed by atoms with Crippen molar-refractivity contribution in [3.63, 3.8) is 0 Å². The zero-order chi connectivity index (χ0) is 11.8. The summed E-state index contributed by atoms with van der Waals surface area (Å²) in [7, 11) is 0. The number of anilines is 1. The fourth-order valence-corrected chi connectivity index (χ4v) is 1.22. The predicted molar refractivity (Wildman–Crippen MR) is 62.7 cm³/mol. The number of benzene rings is 1. The van der Waals surface area contributed by atoms with Crippen LogP contribution >= 0.6 is 0 Å². The molecule has 0 amide bonds. The summed E-state index contributed by atoms with van der Waals surface area (Å²) < 4.78 is 10.1. The van der Waals surface area contributed by atoms with Gasteiger partial charge in [-0.25, -0.2) is 0 Å². The summed E-state index contributed by atoms with van der Waals surface area (Å²) in [5.74, 6) is 0.570. The van der Waals surface area contributed by atoms with Crippen molar-refractivity contribution < 1.29 is 14.3 Å². The molecule has 0 unspecified atom stereocenters. The molecule has 0 aliphatic carbocycles. The Morgan fingerprint density at radius 3 is 2.44 bits per heavy atom. The van der Waals surface area contributed by atoms with Crippen molar-refractivity contribution in [2.24, 2.45) is 0 Å². The number of nitrogens with one attached hydrogen (secondary N) is 1. The van der Waals surface area contributed by atoms with E-state index in [0.717, 1.165) is 11.4 Å². The summed E-state index contributed by atoms with van der Waals surface area (Å²) >= 11 is 0. The highest BCUT2D eigenvalue weighted by molar-refractivity contribution is 5.74. The lowest BCUT2D eigenvalue weighted by Gasteiger charge is -2.07. The van der Waals surface area contributed by atoms with Crippen LogP contribution in [0.4, 0.5) is 5.69 Å². The minimum absolute atomic E-state index is 0.182. The maximum atomic E-state index is 11.1. The Morgan fingerprint density at radius 1 is 1.19 bits per heavy atom. The van der Waals surface area contributed by atoms with Crippen LogP contribution in [0.5, 0.6) is 5.75 Å². The van der Waals surface area contributed by atoms with Gasteiger partial charge in [0, 0.05) is 5.69 Å². The third-order valence-corrected chi connectivity index (χ3v) is 1.91. The molecule has 1 aromatic rings. The second-order valence-electron chi connectivity index (χ2n) is 3.12. The Labute approximate surface area is 95.6 Å². The number of ether oxygens (including phenoxy) is 2. The van der Waals surface area contributed by atoms with Crippen molar-refractivity contribution in [1.82, 2.24) is 0 Å². The molecule has 0 radical (unpaired) electrons. The molecule has 0 heterocycles. The monoisotopic (exact) mass is 223 g/mol. The summed E-state index contributed by atoms with van der Waals surface area (Å²) in [6.07, 6.45) is 0. The van der Waals surface area contributed by atoms with E-state index in [1.54, 1.807) is 6.92 Å². The fourth-order valence-electron chi connectivity index (χ4n) is 1.22. The highest BCUT2D eigenvalue weighted by atomic mass is 16.5. The molecule has 88 valence electrons. The van der Waals surface area contributed by atoms with Gasteiger partial charge >= 0.3 is 5.97 Å². The van der Waals surface area contributed by atoms with E-state index in [2.05, 4.69) is 5.32 Å². The minimum Gasteiger partial charge on any atom is -0.494 e. The molecule has 0 aliphatic rings. The van der Waals surface area contributed by atoms with Crippen LogP contribution < -0.4 is 10.1 Å². The summed E-state index contributed by atoms with van der Waals surface area (Å²) in [5.41, 5.74) is 0.872. The molecular formula is C12H17NO3. The third kappa shape index (κ3) is 4.21. The summed E-state index contributed by atoms with van der Waals surface area (Å²) in [4.78, 5) is 11.1. The first kappa shape index (κ1) is 12.4. The van der Waals surface area contributed by atoms with Crippen LogP contribution in [0.2, 0.25) is 0 Å². The SMILES string of the molecule is CCOC(=O)CNc1ccc(OCC)cc1. The number of carbonyl (C=O) groups excluding carboxylic acids is 1. The van der Waals surface area contributed by atoms with Gasteiger partial charge in [0.1, 0.15) is 12.3 Å². The van der Waals surface area contributed by atoms with Crippen molar-refractivity contribution >= 4 is 11.7 Å². The van der Waals surface area contributed by atoms with Crippen LogP contribution in [0.1, 0.15) is 13.8 Å². The Kier molecular flexibility index (Phi) is 5.19. The summed E-state index contributed by atoms with van der Waals surface area (Å²) in [6, 6.07) is 7.45. The minimum atomic E-state index is -0.253. The van der Waals surface area contributed by atoms with Crippen LogP contribution in [0.3, 0.4) is 0 Å². The number of rotatable bonds is 6. The van der Waals surface area contributed by atoms with Crippen molar-refractivity contribution in [3.05, 3.63) is 24.3 Å². The van der Waals surface area contributed by atoms with Crippen LogP contribution in [0.25, 0.3) is 0 Å². The van der Waals surface area contributed by atoms with Gasteiger partial charge in [0.05, 0.1) is 13.2 Å². The van der Waals surface area contributed by atoms with Crippen molar-refractivity contribution in [1.29, 1.82) is 0 Å². The van der Waals surface area contributed by atoms with Gasteiger partial charge in [-0.15, -0.1) is 0 Å². The van der Waals surface area contributed by atoms with Gasteiger partial charge in [-0.2, -0.15) is 0 Å². The average molecular weight is 223 g/mol. The van der Waals surface area contributed by atoms with Gasteiger partial charge in [0.15, 0.2) is 0 Å². The van der Waals surface area contributed by atoms with Gasteiger partial charge in [-0.3, -0.25) is 4.79 Å². The topological polar surface area (TPSA) is 47.6 Å². The largest absolute Gasteiger partial charge is 0.494 e. The lowest BCUT2D eigenvalue weighted by Crippen LogP contribution is -2.16. The zero-order valence-electron chi connectivity index (χ0n) is 9.66. The molecule has 0 spiro atoms. The first-order valence-corrected chi connectivity index (χ1v) is 5.38. The Bertz CT molecular complexity index is 322. The van der Waals surface area contributed by atoms with Crippen molar-refractivity contribution in [3.8, 4) is 5.75 Å². The number of hydrogen-bond acceptors (Lipinski definition) is 4. The molecule has 0 saturated carbocycles. The molecule has 1 rings (SSSR count). The standard InChI is InChI=1S/C12H17NO3/c1-3-15-11-7-5-10(6-8-11)13-9-12(14)16-4-2/h5-8,13H,3-4,9H2,1-2H3. The summed E-state index contributed by atoms with van der Waals surface area (Å²) in [6.45, 7) is 4.96. The quantitative estimate of drug-likeness (QED) is 0.750. The molecule has 1 N–H and O–H groups in total. The van der Waals surface area contributed by atoms with E-state index < -0.39 is 0 Å². The second kappa shape index (κ2) is 6.71. The first-order valence-electron chi connectivity index (χ1n) is 5.38. The lowest BCUT2D eigenvalue weighted by atomic mass is 10.3. The molecular weight excluding hydrogens is 206 g/mol. The molecule has 0 bridgehead atoms. The first-order chi connectivity index (χ1) is 7.76.